The summed E-state index contributed by atoms with van der Waals surface area (Å²) in [4.78, 5) is 24.2. The lowest BCUT2D eigenvalue weighted by Crippen LogP contribution is -2.37. The molecule has 0 atom stereocenters. The van der Waals surface area contributed by atoms with Crippen LogP contribution in [0.3, 0.4) is 0 Å². The molecule has 0 heterocycles. The molecule has 0 fully saturated rings. The van der Waals surface area contributed by atoms with Gasteiger partial charge in [-0.1, -0.05) is 11.6 Å². The van der Waals surface area contributed by atoms with Gasteiger partial charge >= 0.3 is 0 Å². The van der Waals surface area contributed by atoms with Gasteiger partial charge in [-0.3, -0.25) is 14.9 Å². The largest absolute Gasteiger partial charge is 0.396 e. The average molecular weight is 434 g/mol. The fourth-order valence-electron chi connectivity index (χ4n) is 2.61. The van der Waals surface area contributed by atoms with Crippen molar-refractivity contribution >= 4 is 40.3 Å². The number of nitrogens with zero attached hydrogens (tertiary/aromatic N) is 4. The Morgan fingerprint density at radius 3 is 2.53 bits per heavy atom. The number of likely N-dealkylation sites (N-methyl/N-ethyl adjacent to an activating group) is 1. The molecule has 0 aliphatic heterocycles. The van der Waals surface area contributed by atoms with Crippen molar-refractivity contribution in [1.29, 1.82) is 0 Å². The minimum Gasteiger partial charge on any atom is -0.396 e. The molecule has 10 heteroatoms. The van der Waals surface area contributed by atoms with Gasteiger partial charge in [0.25, 0.3) is 5.69 Å². The average Bonchev–Trinajstić information content (AvgIpc) is 2.74. The maximum absolute atomic E-state index is 12.1. The van der Waals surface area contributed by atoms with E-state index in [1.165, 1.54) is 18.2 Å². The number of amides is 1. The monoisotopic (exact) mass is 433 g/mol. The number of azo groups is 1. The smallest absolute Gasteiger partial charge is 0.271 e. The van der Waals surface area contributed by atoms with Gasteiger partial charge in [0.1, 0.15) is 5.69 Å². The number of anilines is 1. The number of aliphatic hydroxyl groups excluding tert-OH is 1. The van der Waals surface area contributed by atoms with Crippen LogP contribution in [0.2, 0.25) is 5.02 Å². The van der Waals surface area contributed by atoms with Crippen molar-refractivity contribution in [2.45, 2.75) is 19.8 Å². The third-order valence-corrected chi connectivity index (χ3v) is 4.56. The molecule has 2 aromatic carbocycles. The zero-order valence-electron chi connectivity index (χ0n) is 16.6. The Kier molecular flexibility index (Phi) is 9.17. The van der Waals surface area contributed by atoms with Crippen LogP contribution in [0.15, 0.2) is 52.7 Å². The summed E-state index contributed by atoms with van der Waals surface area (Å²) in [6, 6.07) is 11.2. The van der Waals surface area contributed by atoms with Crippen LogP contribution in [0.5, 0.6) is 0 Å². The lowest BCUT2D eigenvalue weighted by atomic mass is 10.2. The Bertz CT molecular complexity index is 889. The Labute approximate surface area is 179 Å². The van der Waals surface area contributed by atoms with Crippen molar-refractivity contribution in [1.82, 2.24) is 5.32 Å². The molecule has 9 nitrogen and oxygen atoms in total. The van der Waals surface area contributed by atoms with Crippen LogP contribution >= 0.6 is 11.6 Å². The third kappa shape index (κ3) is 7.09. The molecule has 0 bridgehead atoms. The number of rotatable bonds is 11. The normalized spacial score (nSPS) is 10.9. The van der Waals surface area contributed by atoms with E-state index in [4.69, 9.17) is 16.7 Å². The van der Waals surface area contributed by atoms with Gasteiger partial charge in [0.05, 0.1) is 22.2 Å². The number of non-ortho nitro benzene ring substituents is 1. The first-order valence-corrected chi connectivity index (χ1v) is 9.90. The first kappa shape index (κ1) is 23.2. The second-order valence-corrected chi connectivity index (χ2v) is 6.81. The van der Waals surface area contributed by atoms with Gasteiger partial charge in [-0.25, -0.2) is 0 Å². The zero-order chi connectivity index (χ0) is 21.9. The van der Waals surface area contributed by atoms with Crippen molar-refractivity contribution in [3.63, 3.8) is 0 Å². The van der Waals surface area contributed by atoms with Gasteiger partial charge in [-0.15, -0.1) is 5.11 Å². The number of benzene rings is 2. The molecule has 2 rings (SSSR count). The number of hydrogen-bond acceptors (Lipinski definition) is 7. The van der Waals surface area contributed by atoms with Gasteiger partial charge in [-0.05, 0) is 50.1 Å². The molecule has 2 aromatic rings. The first-order valence-electron chi connectivity index (χ1n) is 9.52. The molecule has 0 aliphatic carbocycles. The summed E-state index contributed by atoms with van der Waals surface area (Å²) in [5.74, 6) is -0.0774. The SMILES string of the molecule is CCN(CC(=O)NCCCCO)c1ccc(N=Nc2ccc([N+](=O)[O-])cc2Cl)cc1. The Morgan fingerprint density at radius 2 is 1.93 bits per heavy atom. The molecule has 30 heavy (non-hydrogen) atoms. The van der Waals surface area contributed by atoms with Gasteiger partial charge in [0.15, 0.2) is 0 Å². The van der Waals surface area contributed by atoms with Gasteiger partial charge in [0.2, 0.25) is 5.91 Å². The predicted molar refractivity (Wildman–Crippen MR) is 116 cm³/mol. The second kappa shape index (κ2) is 11.8. The number of carbonyl (C=O) groups is 1. The molecule has 0 saturated carbocycles. The summed E-state index contributed by atoms with van der Waals surface area (Å²) in [6.07, 6.45) is 1.41. The maximum Gasteiger partial charge on any atom is 0.271 e. The summed E-state index contributed by atoms with van der Waals surface area (Å²) < 4.78 is 0. The van der Waals surface area contributed by atoms with E-state index >= 15 is 0 Å². The maximum atomic E-state index is 12.1. The molecule has 0 saturated heterocycles. The Hall–Kier alpha value is -3.04. The van der Waals surface area contributed by atoms with Crippen molar-refractivity contribution < 1.29 is 14.8 Å². The van der Waals surface area contributed by atoms with E-state index in [-0.39, 0.29) is 29.8 Å². The van der Waals surface area contributed by atoms with Crippen LogP contribution in [0.1, 0.15) is 19.8 Å². The molecular weight excluding hydrogens is 410 g/mol. The van der Waals surface area contributed by atoms with Crippen molar-refractivity contribution in [2.75, 3.05) is 31.1 Å². The quantitative estimate of drug-likeness (QED) is 0.236. The van der Waals surface area contributed by atoms with Crippen LogP contribution in [-0.4, -0.2) is 42.2 Å². The number of nitro benzene ring substituents is 1. The fourth-order valence-corrected chi connectivity index (χ4v) is 2.82. The molecule has 0 aromatic heterocycles. The molecule has 0 radical (unpaired) electrons. The summed E-state index contributed by atoms with van der Waals surface area (Å²) >= 11 is 6.01. The second-order valence-electron chi connectivity index (χ2n) is 6.40. The zero-order valence-corrected chi connectivity index (χ0v) is 17.4. The summed E-state index contributed by atoms with van der Waals surface area (Å²) in [7, 11) is 0. The van der Waals surface area contributed by atoms with E-state index in [2.05, 4.69) is 15.5 Å². The lowest BCUT2D eigenvalue weighted by molar-refractivity contribution is -0.384. The molecule has 0 spiro atoms. The number of aliphatic hydroxyl groups is 1. The highest BCUT2D eigenvalue weighted by molar-refractivity contribution is 6.33. The number of unbranched alkanes of at least 4 members (excludes halogenated alkanes) is 1. The van der Waals surface area contributed by atoms with Crippen molar-refractivity contribution in [3.8, 4) is 0 Å². The fraction of sp³-hybridized carbons (Fsp3) is 0.350. The van der Waals surface area contributed by atoms with Gasteiger partial charge in [0, 0.05) is 37.5 Å². The summed E-state index contributed by atoms with van der Waals surface area (Å²) in [6.45, 7) is 3.51. The molecule has 160 valence electrons. The first-order chi connectivity index (χ1) is 14.4. The summed E-state index contributed by atoms with van der Waals surface area (Å²) in [5.41, 5.74) is 1.67. The number of halogens is 1. The Balaban J connectivity index is 1.98. The van der Waals surface area contributed by atoms with Crippen LogP contribution < -0.4 is 10.2 Å². The van der Waals surface area contributed by atoms with E-state index in [1.807, 2.05) is 24.0 Å². The van der Waals surface area contributed by atoms with E-state index in [1.54, 1.807) is 12.1 Å². The Morgan fingerprint density at radius 1 is 1.20 bits per heavy atom. The van der Waals surface area contributed by atoms with E-state index in [9.17, 15) is 14.9 Å². The highest BCUT2D eigenvalue weighted by atomic mass is 35.5. The number of nitro groups is 1. The van der Waals surface area contributed by atoms with Crippen molar-refractivity contribution in [3.05, 3.63) is 57.6 Å². The van der Waals surface area contributed by atoms with Crippen LogP contribution in [0, 0.1) is 10.1 Å². The van der Waals surface area contributed by atoms with Crippen LogP contribution in [0.4, 0.5) is 22.7 Å². The van der Waals surface area contributed by atoms with Crippen LogP contribution in [-0.2, 0) is 4.79 Å². The van der Waals surface area contributed by atoms with Crippen LogP contribution in [0.25, 0.3) is 0 Å². The van der Waals surface area contributed by atoms with E-state index in [0.29, 0.717) is 30.9 Å². The van der Waals surface area contributed by atoms with E-state index < -0.39 is 4.92 Å². The lowest BCUT2D eigenvalue weighted by Gasteiger charge is -2.22. The molecular formula is C20H24ClN5O4. The van der Waals surface area contributed by atoms with Crippen molar-refractivity contribution in [2.24, 2.45) is 10.2 Å². The molecule has 0 unspecified atom stereocenters. The number of hydrogen-bond donors (Lipinski definition) is 2. The highest BCUT2D eigenvalue weighted by Crippen LogP contribution is 2.30. The highest BCUT2D eigenvalue weighted by Gasteiger charge is 2.11. The predicted octanol–water partition coefficient (Wildman–Crippen LogP) is 4.38. The number of carbonyl (C=O) groups excluding carboxylic acids is 1. The third-order valence-electron chi connectivity index (χ3n) is 4.25. The molecule has 1 amide bonds. The molecule has 0 aliphatic rings. The van der Waals surface area contributed by atoms with Gasteiger partial charge in [-0.2, -0.15) is 5.11 Å². The molecule has 2 N–H and O–H groups in total. The summed E-state index contributed by atoms with van der Waals surface area (Å²) in [5, 5.41) is 30.7. The van der Waals surface area contributed by atoms with E-state index in [0.717, 1.165) is 12.1 Å². The topological polar surface area (TPSA) is 120 Å². The van der Waals surface area contributed by atoms with Gasteiger partial charge < -0.3 is 15.3 Å². The standard InChI is InChI=1S/C20H24ClN5O4/c1-2-25(14-20(28)22-11-3-4-12-27)16-7-5-15(6-8-16)23-24-19-10-9-17(26(29)30)13-18(19)21/h5-10,13,27H,2-4,11-12,14H2,1H3,(H,22,28). The minimum absolute atomic E-state index is 0.0774. The number of nitrogens with one attached hydrogen (secondary N) is 1. The minimum atomic E-state index is -0.527.